The summed E-state index contributed by atoms with van der Waals surface area (Å²) in [5, 5.41) is 23.7. The van der Waals surface area contributed by atoms with E-state index in [4.69, 9.17) is 0 Å². The van der Waals surface area contributed by atoms with E-state index in [1.807, 2.05) is 24.3 Å². The maximum Gasteiger partial charge on any atom is 0.123 e. The fraction of sp³-hybridized carbons (Fsp3) is 0.0588. The van der Waals surface area contributed by atoms with E-state index in [9.17, 15) is 10.2 Å². The van der Waals surface area contributed by atoms with Crippen LogP contribution in [0.2, 0.25) is 0 Å². The van der Waals surface area contributed by atoms with Crippen LogP contribution >= 0.6 is 0 Å². The van der Waals surface area contributed by atoms with E-state index < -0.39 is 0 Å². The van der Waals surface area contributed by atoms with Crippen LogP contribution < -0.4 is 10.4 Å². The summed E-state index contributed by atoms with van der Waals surface area (Å²) in [6.07, 6.45) is 8.06. The molecule has 2 nitrogen and oxygen atoms in total. The van der Waals surface area contributed by atoms with E-state index in [-0.39, 0.29) is 0 Å². The van der Waals surface area contributed by atoms with Crippen LogP contribution in [-0.4, -0.2) is 10.2 Å². The van der Waals surface area contributed by atoms with Gasteiger partial charge in [-0.25, -0.2) is 0 Å². The van der Waals surface area contributed by atoms with Crippen LogP contribution in [0.1, 0.15) is 11.1 Å². The zero-order valence-electron chi connectivity index (χ0n) is 10.2. The van der Waals surface area contributed by atoms with Crippen molar-refractivity contribution in [1.82, 2.24) is 0 Å². The maximum absolute atomic E-state index is 9.80. The zero-order valence-corrected chi connectivity index (χ0v) is 10.2. The lowest BCUT2D eigenvalue weighted by Crippen LogP contribution is -2.15. The molecule has 92 valence electrons. The van der Waals surface area contributed by atoms with E-state index in [1.54, 1.807) is 12.2 Å². The van der Waals surface area contributed by atoms with Gasteiger partial charge in [-0.2, -0.15) is 0 Å². The van der Waals surface area contributed by atoms with Gasteiger partial charge in [0.2, 0.25) is 0 Å². The van der Waals surface area contributed by atoms with Crippen LogP contribution in [0.15, 0.2) is 42.2 Å². The molecule has 0 bridgehead atoms. The van der Waals surface area contributed by atoms with E-state index >= 15 is 0 Å². The number of aliphatic hydroxyl groups excluding tert-OH is 2. The highest BCUT2D eigenvalue weighted by Gasteiger charge is 2.12. The highest BCUT2D eigenvalue weighted by Crippen LogP contribution is 2.23. The summed E-state index contributed by atoms with van der Waals surface area (Å²) in [5.74, 6) is 0.664. The van der Waals surface area contributed by atoms with Crippen LogP contribution in [0.4, 0.5) is 0 Å². The quantitative estimate of drug-likeness (QED) is 0.751. The number of hydrogen-bond acceptors (Lipinski definition) is 2. The number of fused-ring (bicyclic) bond motifs is 5. The highest BCUT2D eigenvalue weighted by atomic mass is 16.3. The molecule has 0 saturated carbocycles. The second-order valence-corrected chi connectivity index (χ2v) is 4.95. The van der Waals surface area contributed by atoms with Crippen molar-refractivity contribution in [2.24, 2.45) is 0 Å². The van der Waals surface area contributed by atoms with Gasteiger partial charge in [0.05, 0.1) is 0 Å². The highest BCUT2D eigenvalue weighted by molar-refractivity contribution is 5.96. The van der Waals surface area contributed by atoms with E-state index in [1.165, 1.54) is 10.9 Å². The van der Waals surface area contributed by atoms with Gasteiger partial charge in [0.1, 0.15) is 11.5 Å². The Bertz CT molecular complexity index is 899. The molecule has 0 heterocycles. The molecule has 2 heteroatoms. The van der Waals surface area contributed by atoms with E-state index in [2.05, 4.69) is 12.1 Å². The van der Waals surface area contributed by atoms with Crippen molar-refractivity contribution in [1.29, 1.82) is 0 Å². The fourth-order valence-electron chi connectivity index (χ4n) is 2.95. The molecule has 2 aliphatic rings. The standard InChI is InChI=1S/C17H12O2/c18-11-2-4-12-10(9-11)1-3-14-13(12)5-6-16-15(14)7-8-17(16)19/h1-3,5-9,18-19H,4H2. The van der Waals surface area contributed by atoms with Gasteiger partial charge < -0.3 is 10.2 Å². The average Bonchev–Trinajstić information content (AvgIpc) is 2.80. The van der Waals surface area contributed by atoms with Crippen molar-refractivity contribution < 1.29 is 10.2 Å². The molecule has 2 aromatic rings. The second kappa shape index (κ2) is 3.51. The molecule has 2 N–H and O–H groups in total. The Kier molecular flexibility index (Phi) is 1.93. The molecule has 0 spiro atoms. The molecule has 0 saturated heterocycles. The fourth-order valence-corrected chi connectivity index (χ4v) is 2.95. The zero-order chi connectivity index (χ0) is 13.0. The van der Waals surface area contributed by atoms with Crippen molar-refractivity contribution in [3.05, 3.63) is 63.7 Å². The van der Waals surface area contributed by atoms with Crippen molar-refractivity contribution in [2.45, 2.75) is 6.42 Å². The molecule has 0 aromatic heterocycles. The number of allylic oxidation sites excluding steroid dienone is 2. The first-order valence-corrected chi connectivity index (χ1v) is 6.31. The molecule has 0 amide bonds. The molecule has 2 aromatic carbocycles. The summed E-state index contributed by atoms with van der Waals surface area (Å²) >= 11 is 0. The molecular formula is C17H12O2. The maximum atomic E-state index is 9.80. The number of rotatable bonds is 0. The molecule has 0 radical (unpaired) electrons. The van der Waals surface area contributed by atoms with Crippen LogP contribution in [0.25, 0.3) is 28.7 Å². The van der Waals surface area contributed by atoms with Gasteiger partial charge >= 0.3 is 0 Å². The first-order valence-electron chi connectivity index (χ1n) is 6.31. The summed E-state index contributed by atoms with van der Waals surface area (Å²) in [6, 6.07) is 8.11. The van der Waals surface area contributed by atoms with Crippen LogP contribution in [0.5, 0.6) is 0 Å². The summed E-state index contributed by atoms with van der Waals surface area (Å²) in [4.78, 5) is 0. The topological polar surface area (TPSA) is 40.5 Å². The Morgan fingerprint density at radius 1 is 0.895 bits per heavy atom. The summed E-state index contributed by atoms with van der Waals surface area (Å²) in [5.41, 5.74) is 2.31. The molecule has 0 unspecified atom stereocenters. The number of aliphatic hydroxyl groups is 2. The largest absolute Gasteiger partial charge is 0.508 e. The van der Waals surface area contributed by atoms with Crippen LogP contribution in [0.3, 0.4) is 0 Å². The number of benzene rings is 2. The third kappa shape index (κ3) is 1.37. The Balaban J connectivity index is 2.16. The first kappa shape index (κ1) is 10.4. The molecule has 2 aliphatic carbocycles. The minimum Gasteiger partial charge on any atom is -0.508 e. The van der Waals surface area contributed by atoms with Crippen molar-refractivity contribution in [3.8, 4) is 0 Å². The van der Waals surface area contributed by atoms with Gasteiger partial charge in [0.25, 0.3) is 0 Å². The lowest BCUT2D eigenvalue weighted by Gasteiger charge is -2.11. The van der Waals surface area contributed by atoms with Gasteiger partial charge in [-0.1, -0.05) is 24.3 Å². The third-order valence-corrected chi connectivity index (χ3v) is 3.89. The van der Waals surface area contributed by atoms with Gasteiger partial charge in [-0.15, -0.1) is 0 Å². The average molecular weight is 248 g/mol. The van der Waals surface area contributed by atoms with Gasteiger partial charge in [-0.3, -0.25) is 0 Å². The molecule has 0 atom stereocenters. The van der Waals surface area contributed by atoms with Crippen molar-refractivity contribution >= 4 is 28.7 Å². The summed E-state index contributed by atoms with van der Waals surface area (Å²) in [7, 11) is 0. The van der Waals surface area contributed by atoms with Crippen LogP contribution in [-0.2, 0) is 6.42 Å². The SMILES string of the molecule is OC1=CCc2c(ccc3c4c(ccc23)=C(O)C=C4)=C1. The van der Waals surface area contributed by atoms with E-state index in [0.29, 0.717) is 11.5 Å². The lowest BCUT2D eigenvalue weighted by atomic mass is 9.94. The second-order valence-electron chi connectivity index (χ2n) is 4.95. The normalized spacial score (nSPS) is 16.0. The molecular weight excluding hydrogens is 236 g/mol. The third-order valence-electron chi connectivity index (χ3n) is 3.89. The molecule has 4 rings (SSSR count). The Morgan fingerprint density at radius 2 is 1.74 bits per heavy atom. The Morgan fingerprint density at radius 3 is 2.63 bits per heavy atom. The van der Waals surface area contributed by atoms with Gasteiger partial charge in [0, 0.05) is 5.22 Å². The summed E-state index contributed by atoms with van der Waals surface area (Å²) in [6.45, 7) is 0. The van der Waals surface area contributed by atoms with Crippen molar-refractivity contribution in [2.75, 3.05) is 0 Å². The number of hydrogen-bond donors (Lipinski definition) is 2. The Hall–Kier alpha value is -2.48. The van der Waals surface area contributed by atoms with Crippen molar-refractivity contribution in [3.63, 3.8) is 0 Å². The van der Waals surface area contributed by atoms with E-state index in [0.717, 1.165) is 27.8 Å². The monoisotopic (exact) mass is 248 g/mol. The predicted molar refractivity (Wildman–Crippen MR) is 77.1 cm³/mol. The summed E-state index contributed by atoms with van der Waals surface area (Å²) < 4.78 is 0. The Labute approximate surface area is 109 Å². The van der Waals surface area contributed by atoms with Gasteiger partial charge in [-0.05, 0) is 57.8 Å². The first-order chi connectivity index (χ1) is 9.24. The van der Waals surface area contributed by atoms with Gasteiger partial charge in [0.15, 0.2) is 0 Å². The predicted octanol–water partition coefficient (Wildman–Crippen LogP) is 2.31. The smallest absolute Gasteiger partial charge is 0.123 e. The minimum absolute atomic E-state index is 0.332. The lowest BCUT2D eigenvalue weighted by molar-refractivity contribution is 0.438. The van der Waals surface area contributed by atoms with Crippen LogP contribution in [0, 0.1) is 0 Å². The molecule has 19 heavy (non-hydrogen) atoms. The minimum atomic E-state index is 0.332. The molecule has 0 aliphatic heterocycles. The molecule has 0 fully saturated rings.